The Morgan fingerprint density at radius 3 is 1.71 bits per heavy atom. The highest BCUT2D eigenvalue weighted by atomic mass is 31.2. The second-order valence-electron chi connectivity index (χ2n) is 11.4. The van der Waals surface area contributed by atoms with Crippen LogP contribution in [-0.2, 0) is 63.6 Å². The van der Waals surface area contributed by atoms with E-state index in [4.69, 9.17) is 27.8 Å². The van der Waals surface area contributed by atoms with E-state index in [9.17, 15) is 19.3 Å². The Morgan fingerprint density at radius 1 is 0.694 bits per heavy atom. The third-order valence-electron chi connectivity index (χ3n) is 7.66. The van der Waals surface area contributed by atoms with Gasteiger partial charge in [0.1, 0.15) is 25.4 Å². The first-order valence-electron chi connectivity index (χ1n) is 16.0. The summed E-state index contributed by atoms with van der Waals surface area (Å²) in [6, 6.07) is 35.6. The molecule has 0 spiro atoms. The number of amides is 1. The number of carbonyl (C=O) groups excluding carboxylic acids is 2. The Kier molecular flexibility index (Phi) is 13.5. The highest BCUT2D eigenvalue weighted by Crippen LogP contribution is 2.53. The molecule has 1 unspecified atom stereocenters. The zero-order valence-electron chi connectivity index (χ0n) is 27.0. The number of ether oxygens (including phenoxy) is 3. The van der Waals surface area contributed by atoms with Crippen molar-refractivity contribution in [1.82, 2.24) is 4.90 Å². The number of hydrogen-bond acceptors (Lipinski definition) is 10. The van der Waals surface area contributed by atoms with E-state index in [0.717, 1.165) is 16.7 Å². The van der Waals surface area contributed by atoms with Gasteiger partial charge in [-0.15, -0.1) is 0 Å². The van der Waals surface area contributed by atoms with Crippen LogP contribution in [-0.4, -0.2) is 60.1 Å². The lowest BCUT2D eigenvalue weighted by molar-refractivity contribution is -0.149. The zero-order valence-corrected chi connectivity index (χ0v) is 27.8. The zero-order chi connectivity index (χ0) is 34.3. The number of carbonyl (C=O) groups is 2. The van der Waals surface area contributed by atoms with Crippen LogP contribution in [0.4, 0.5) is 4.79 Å². The summed E-state index contributed by atoms with van der Waals surface area (Å²) in [5.74, 6) is -0.665. The number of benzene rings is 4. The molecule has 1 aliphatic heterocycles. The lowest BCUT2D eigenvalue weighted by atomic mass is 10.2. The normalized spacial score (nSPS) is 17.6. The molecular formula is C37H40NO10P. The monoisotopic (exact) mass is 689 g/mol. The Balaban J connectivity index is 1.28. The first-order valence-corrected chi connectivity index (χ1v) is 17.4. The molecule has 0 aliphatic carbocycles. The minimum absolute atomic E-state index is 0.00191. The highest BCUT2D eigenvalue weighted by molar-refractivity contribution is 7.48. The van der Waals surface area contributed by atoms with Crippen molar-refractivity contribution in [3.05, 3.63) is 144 Å². The Labute approximate surface area is 285 Å². The number of rotatable bonds is 17. The molecule has 0 bridgehead atoms. The fourth-order valence-electron chi connectivity index (χ4n) is 5.05. The molecule has 1 saturated heterocycles. The predicted molar refractivity (Wildman–Crippen MR) is 180 cm³/mol. The van der Waals surface area contributed by atoms with Gasteiger partial charge in [0, 0.05) is 6.42 Å². The molecule has 12 heteroatoms. The van der Waals surface area contributed by atoms with E-state index >= 15 is 0 Å². The van der Waals surface area contributed by atoms with Crippen LogP contribution in [0.25, 0.3) is 0 Å². The van der Waals surface area contributed by atoms with Crippen molar-refractivity contribution in [3.8, 4) is 0 Å². The van der Waals surface area contributed by atoms with E-state index in [-0.39, 0.29) is 46.0 Å². The van der Waals surface area contributed by atoms with Gasteiger partial charge in [0.05, 0.1) is 39.1 Å². The van der Waals surface area contributed by atoms with Crippen molar-refractivity contribution < 1.29 is 47.0 Å². The van der Waals surface area contributed by atoms with Gasteiger partial charge in [0.2, 0.25) is 0 Å². The van der Waals surface area contributed by atoms with Crippen molar-refractivity contribution in [2.45, 2.75) is 51.1 Å². The minimum Gasteiger partial charge on any atom is -0.459 e. The van der Waals surface area contributed by atoms with E-state index in [1.165, 1.54) is 4.90 Å². The number of nitrogens with zero attached hydrogens (tertiary/aromatic N) is 1. The van der Waals surface area contributed by atoms with Crippen LogP contribution in [0.5, 0.6) is 0 Å². The minimum atomic E-state index is -4.36. The van der Waals surface area contributed by atoms with Crippen LogP contribution in [0.3, 0.4) is 0 Å². The molecule has 1 fully saturated rings. The summed E-state index contributed by atoms with van der Waals surface area (Å²) < 4.78 is 48.5. The van der Waals surface area contributed by atoms with Crippen molar-refractivity contribution in [3.63, 3.8) is 0 Å². The summed E-state index contributed by atoms with van der Waals surface area (Å²) in [6.45, 7) is -0.790. The molecule has 0 aromatic heterocycles. The van der Waals surface area contributed by atoms with Crippen molar-refractivity contribution >= 4 is 19.9 Å². The summed E-state index contributed by atoms with van der Waals surface area (Å²) in [5.41, 5.74) is 3.15. The molecule has 0 radical (unpaired) electrons. The predicted octanol–water partition coefficient (Wildman–Crippen LogP) is 6.45. The standard InChI is InChI=1S/C37H40NO10P/c39-23-34(43-24-29-13-5-1-6-14-29)28-47-49(42,46-27-32-19-11-4-12-20-32)48-33-21-35(36(40)44-25-30-15-7-2-8-16-30)38(22-33)37(41)45-26-31-17-9-3-10-18-31/h1-20,33-35,39H,21-28H2/t33-,34+,35+,49?/m0/s1. The molecule has 4 atom stereocenters. The Hall–Kier alpha value is -4.35. The van der Waals surface area contributed by atoms with Gasteiger partial charge in [0.25, 0.3) is 0 Å². The van der Waals surface area contributed by atoms with Gasteiger partial charge in [-0.05, 0) is 22.3 Å². The Bertz CT molecular complexity index is 1570. The molecule has 4 aromatic rings. The molecule has 1 N–H and O–H groups in total. The van der Waals surface area contributed by atoms with Crippen LogP contribution in [0, 0.1) is 0 Å². The largest absolute Gasteiger partial charge is 0.475 e. The number of hydrogen-bond donors (Lipinski definition) is 1. The van der Waals surface area contributed by atoms with Gasteiger partial charge in [-0.1, -0.05) is 121 Å². The average molecular weight is 690 g/mol. The molecule has 5 rings (SSSR count). The molecule has 49 heavy (non-hydrogen) atoms. The van der Waals surface area contributed by atoms with E-state index in [1.807, 2.05) is 109 Å². The molecule has 0 saturated carbocycles. The smallest absolute Gasteiger partial charge is 0.459 e. The van der Waals surface area contributed by atoms with E-state index < -0.39 is 44.7 Å². The van der Waals surface area contributed by atoms with Gasteiger partial charge in [-0.25, -0.2) is 14.2 Å². The SMILES string of the molecule is O=C(OCc1ccccc1)[C@H]1C[C@H](OP(=O)(OCc2ccccc2)OC[C@@H](CO)OCc2ccccc2)CN1C(=O)OCc1ccccc1. The lowest BCUT2D eigenvalue weighted by Gasteiger charge is -2.24. The average Bonchev–Trinajstić information content (AvgIpc) is 3.57. The van der Waals surface area contributed by atoms with Crippen LogP contribution >= 0.6 is 7.82 Å². The number of aliphatic hydroxyl groups excluding tert-OH is 1. The molecule has 1 heterocycles. The van der Waals surface area contributed by atoms with Gasteiger partial charge in [-0.3, -0.25) is 18.5 Å². The van der Waals surface area contributed by atoms with Crippen LogP contribution in [0.2, 0.25) is 0 Å². The first-order chi connectivity index (χ1) is 23.9. The van der Waals surface area contributed by atoms with Gasteiger partial charge in [-0.2, -0.15) is 0 Å². The van der Waals surface area contributed by atoms with Gasteiger partial charge in [0.15, 0.2) is 0 Å². The van der Waals surface area contributed by atoms with Crippen molar-refractivity contribution in [2.75, 3.05) is 19.8 Å². The van der Waals surface area contributed by atoms with Gasteiger partial charge >= 0.3 is 19.9 Å². The topological polar surface area (TPSA) is 130 Å². The molecule has 1 amide bonds. The number of aliphatic hydroxyl groups is 1. The molecule has 11 nitrogen and oxygen atoms in total. The molecule has 1 aliphatic rings. The van der Waals surface area contributed by atoms with Crippen molar-refractivity contribution in [1.29, 1.82) is 0 Å². The fraction of sp³-hybridized carbons (Fsp3) is 0.297. The number of esters is 1. The summed E-state index contributed by atoms with van der Waals surface area (Å²) >= 11 is 0. The molecule has 4 aromatic carbocycles. The quantitative estimate of drug-likeness (QED) is 0.0976. The second-order valence-corrected chi connectivity index (χ2v) is 13.0. The molecular weight excluding hydrogens is 649 g/mol. The summed E-state index contributed by atoms with van der Waals surface area (Å²) in [7, 11) is -4.36. The lowest BCUT2D eigenvalue weighted by Crippen LogP contribution is -2.41. The molecule has 258 valence electrons. The van der Waals surface area contributed by atoms with Crippen LogP contribution < -0.4 is 0 Å². The van der Waals surface area contributed by atoms with E-state index in [2.05, 4.69) is 0 Å². The third-order valence-corrected chi connectivity index (χ3v) is 9.13. The van der Waals surface area contributed by atoms with Crippen LogP contribution in [0.1, 0.15) is 28.7 Å². The van der Waals surface area contributed by atoms with Gasteiger partial charge < -0.3 is 19.3 Å². The summed E-state index contributed by atoms with van der Waals surface area (Å²) in [5, 5.41) is 9.96. The number of likely N-dealkylation sites (tertiary alicyclic amines) is 1. The summed E-state index contributed by atoms with van der Waals surface area (Å²) in [4.78, 5) is 27.9. The third kappa shape index (κ3) is 11.4. The maximum atomic E-state index is 14.2. The second kappa shape index (κ2) is 18.4. The maximum absolute atomic E-state index is 14.2. The van der Waals surface area contributed by atoms with E-state index in [0.29, 0.717) is 5.56 Å². The first kappa shape index (κ1) is 35.9. The maximum Gasteiger partial charge on any atom is 0.475 e. The fourth-order valence-corrected chi connectivity index (χ4v) is 6.42. The van der Waals surface area contributed by atoms with Crippen LogP contribution in [0.15, 0.2) is 121 Å². The number of phosphoric ester groups is 1. The highest BCUT2D eigenvalue weighted by Gasteiger charge is 2.45. The summed E-state index contributed by atoms with van der Waals surface area (Å²) in [6.07, 6.45) is -2.60. The number of phosphoric acid groups is 1. The van der Waals surface area contributed by atoms with Crippen molar-refractivity contribution in [2.24, 2.45) is 0 Å². The Morgan fingerprint density at radius 2 is 1.18 bits per heavy atom. The van der Waals surface area contributed by atoms with E-state index in [1.54, 1.807) is 12.1 Å².